The van der Waals surface area contributed by atoms with Crippen molar-refractivity contribution in [2.24, 2.45) is 0 Å². The quantitative estimate of drug-likeness (QED) is 0.242. The first-order chi connectivity index (χ1) is 12.5. The van der Waals surface area contributed by atoms with Gasteiger partial charge in [0, 0.05) is 12.8 Å². The molecule has 0 saturated heterocycles. The first-order valence-electron chi connectivity index (χ1n) is 9.35. The van der Waals surface area contributed by atoms with E-state index in [0.717, 1.165) is 18.9 Å². The van der Waals surface area contributed by atoms with Gasteiger partial charge >= 0.3 is 11.9 Å². The van der Waals surface area contributed by atoms with Crippen LogP contribution in [-0.4, -0.2) is 18.5 Å². The smallest absolute Gasteiger partial charge is 0.311 e. The molecule has 0 amide bonds. The van der Waals surface area contributed by atoms with Crippen molar-refractivity contribution in [1.82, 2.24) is 0 Å². The van der Waals surface area contributed by atoms with Crippen LogP contribution in [0.2, 0.25) is 5.02 Å². The Bertz CT molecular complexity index is 542. The van der Waals surface area contributed by atoms with Crippen LogP contribution in [0.5, 0.6) is 5.75 Å². The molecule has 0 fully saturated rings. The number of halogens is 2. The van der Waals surface area contributed by atoms with Crippen molar-refractivity contribution in [1.29, 1.82) is 0 Å². The minimum atomic E-state index is -0.694. The molecule has 0 saturated carbocycles. The topological polar surface area (TPSA) is 52.6 Å². The summed E-state index contributed by atoms with van der Waals surface area (Å²) in [6.45, 7) is 2.61. The average molecular weight is 387 g/mol. The van der Waals surface area contributed by atoms with E-state index >= 15 is 0 Å². The average Bonchev–Trinajstić information content (AvgIpc) is 2.60. The van der Waals surface area contributed by atoms with Crippen molar-refractivity contribution in [3.05, 3.63) is 29.0 Å². The zero-order chi connectivity index (χ0) is 19.2. The van der Waals surface area contributed by atoms with Crippen LogP contribution in [-0.2, 0) is 14.3 Å². The van der Waals surface area contributed by atoms with Gasteiger partial charge in [-0.2, -0.15) is 0 Å². The third-order valence-electron chi connectivity index (χ3n) is 3.91. The molecule has 0 aromatic heterocycles. The van der Waals surface area contributed by atoms with Crippen molar-refractivity contribution in [3.63, 3.8) is 0 Å². The number of unbranched alkanes of at least 4 members (excludes halogenated alkanes) is 6. The third-order valence-corrected chi connectivity index (χ3v) is 4.21. The first-order valence-corrected chi connectivity index (χ1v) is 9.72. The van der Waals surface area contributed by atoms with Gasteiger partial charge in [0.1, 0.15) is 0 Å². The molecule has 4 nitrogen and oxygen atoms in total. The van der Waals surface area contributed by atoms with Gasteiger partial charge in [0.2, 0.25) is 0 Å². The van der Waals surface area contributed by atoms with Crippen molar-refractivity contribution in [2.45, 2.75) is 71.1 Å². The summed E-state index contributed by atoms with van der Waals surface area (Å²) < 4.78 is 23.6. The normalized spacial score (nSPS) is 10.6. The zero-order valence-electron chi connectivity index (χ0n) is 15.4. The number of benzene rings is 1. The van der Waals surface area contributed by atoms with Crippen molar-refractivity contribution in [2.75, 3.05) is 6.61 Å². The number of carbonyl (C=O) groups excluding carboxylic acids is 2. The van der Waals surface area contributed by atoms with E-state index in [1.807, 2.05) is 0 Å². The maximum Gasteiger partial charge on any atom is 0.311 e. The second-order valence-corrected chi connectivity index (χ2v) is 6.63. The Morgan fingerprint density at radius 1 is 0.962 bits per heavy atom. The second kappa shape index (κ2) is 13.6. The summed E-state index contributed by atoms with van der Waals surface area (Å²) in [4.78, 5) is 23.3. The SMILES string of the molecule is CCCCCCCCCOC(=O)CCCC(=O)Oc1c(F)cccc1Cl. The number of hydrogen-bond acceptors (Lipinski definition) is 4. The minimum Gasteiger partial charge on any atom is -0.466 e. The minimum absolute atomic E-state index is 0.00279. The van der Waals surface area contributed by atoms with E-state index < -0.39 is 11.8 Å². The Labute approximate surface area is 160 Å². The molecular weight excluding hydrogens is 359 g/mol. The molecule has 0 atom stereocenters. The fourth-order valence-electron chi connectivity index (χ4n) is 2.44. The lowest BCUT2D eigenvalue weighted by atomic mass is 10.1. The summed E-state index contributed by atoms with van der Waals surface area (Å²) in [5.74, 6) is -1.93. The Kier molecular flexibility index (Phi) is 11.7. The lowest BCUT2D eigenvalue weighted by Gasteiger charge is -2.07. The van der Waals surface area contributed by atoms with E-state index in [1.165, 1.54) is 44.2 Å². The van der Waals surface area contributed by atoms with Crippen LogP contribution in [0.15, 0.2) is 18.2 Å². The molecule has 0 aliphatic carbocycles. The number of esters is 2. The molecule has 0 aliphatic heterocycles. The van der Waals surface area contributed by atoms with Gasteiger partial charge in [0.25, 0.3) is 0 Å². The lowest BCUT2D eigenvalue weighted by Crippen LogP contribution is -2.11. The van der Waals surface area contributed by atoms with Gasteiger partial charge in [0.15, 0.2) is 11.6 Å². The van der Waals surface area contributed by atoms with E-state index in [2.05, 4.69) is 6.92 Å². The number of rotatable bonds is 13. The molecule has 0 unspecified atom stereocenters. The van der Waals surface area contributed by atoms with E-state index in [9.17, 15) is 14.0 Å². The molecule has 0 N–H and O–H groups in total. The van der Waals surface area contributed by atoms with Crippen LogP contribution in [0.3, 0.4) is 0 Å². The summed E-state index contributed by atoms with van der Waals surface area (Å²) in [7, 11) is 0. The summed E-state index contributed by atoms with van der Waals surface area (Å²) >= 11 is 5.78. The lowest BCUT2D eigenvalue weighted by molar-refractivity contribution is -0.144. The van der Waals surface area contributed by atoms with Gasteiger partial charge in [-0.1, -0.05) is 63.1 Å². The number of carbonyl (C=O) groups is 2. The summed E-state index contributed by atoms with van der Waals surface area (Å²) in [6, 6.07) is 4.03. The Hall–Kier alpha value is -1.62. The Morgan fingerprint density at radius 3 is 2.31 bits per heavy atom. The van der Waals surface area contributed by atoms with Gasteiger partial charge in [-0.25, -0.2) is 4.39 Å². The van der Waals surface area contributed by atoms with Crippen LogP contribution in [0.25, 0.3) is 0 Å². The Balaban J connectivity index is 2.08. The molecule has 1 aromatic rings. The van der Waals surface area contributed by atoms with Gasteiger partial charge in [-0.15, -0.1) is 0 Å². The highest BCUT2D eigenvalue weighted by Crippen LogP contribution is 2.27. The highest BCUT2D eigenvalue weighted by molar-refractivity contribution is 6.32. The highest BCUT2D eigenvalue weighted by Gasteiger charge is 2.14. The van der Waals surface area contributed by atoms with Crippen molar-refractivity contribution < 1.29 is 23.5 Å². The predicted molar refractivity (Wildman–Crippen MR) is 99.8 cm³/mol. The van der Waals surface area contributed by atoms with Crippen LogP contribution < -0.4 is 4.74 Å². The maximum atomic E-state index is 13.5. The molecule has 146 valence electrons. The summed E-state index contributed by atoms with van der Waals surface area (Å²) in [5, 5.41) is 0.0347. The van der Waals surface area contributed by atoms with Gasteiger partial charge < -0.3 is 9.47 Å². The largest absolute Gasteiger partial charge is 0.466 e. The van der Waals surface area contributed by atoms with Gasteiger partial charge in [0.05, 0.1) is 11.6 Å². The third kappa shape index (κ3) is 9.76. The second-order valence-electron chi connectivity index (χ2n) is 6.22. The fourth-order valence-corrected chi connectivity index (χ4v) is 2.64. The summed E-state index contributed by atoms with van der Waals surface area (Å²) in [6.07, 6.45) is 8.54. The van der Waals surface area contributed by atoms with E-state index in [0.29, 0.717) is 13.0 Å². The highest BCUT2D eigenvalue weighted by atomic mass is 35.5. The van der Waals surface area contributed by atoms with Gasteiger partial charge in [-0.3, -0.25) is 9.59 Å². The predicted octanol–water partition coefficient (Wildman–Crippen LogP) is 5.85. The number of ether oxygens (including phenoxy) is 2. The molecule has 0 heterocycles. The van der Waals surface area contributed by atoms with E-state index in [-0.39, 0.29) is 29.6 Å². The van der Waals surface area contributed by atoms with E-state index in [4.69, 9.17) is 21.1 Å². The molecular formula is C20H28ClFO4. The Morgan fingerprint density at radius 2 is 1.62 bits per heavy atom. The maximum absolute atomic E-state index is 13.5. The molecule has 0 radical (unpaired) electrons. The zero-order valence-corrected chi connectivity index (χ0v) is 16.2. The van der Waals surface area contributed by atoms with Crippen LogP contribution in [0.1, 0.15) is 71.1 Å². The molecule has 1 rings (SSSR count). The molecule has 0 spiro atoms. The number of para-hydroxylation sites is 1. The summed E-state index contributed by atoms with van der Waals surface area (Å²) in [5.41, 5.74) is 0. The molecule has 6 heteroatoms. The standard InChI is InChI=1S/C20H28ClFO4/c1-2-3-4-5-6-7-8-15-25-18(23)13-10-14-19(24)26-20-16(21)11-9-12-17(20)22/h9,11-12H,2-8,10,13-15H2,1H3. The van der Waals surface area contributed by atoms with Crippen LogP contribution >= 0.6 is 11.6 Å². The van der Waals surface area contributed by atoms with Crippen LogP contribution in [0, 0.1) is 5.82 Å². The molecule has 0 aliphatic rings. The molecule has 1 aromatic carbocycles. The first kappa shape index (κ1) is 22.4. The van der Waals surface area contributed by atoms with Crippen molar-refractivity contribution >= 4 is 23.5 Å². The van der Waals surface area contributed by atoms with Crippen molar-refractivity contribution in [3.8, 4) is 5.75 Å². The number of hydrogen-bond donors (Lipinski definition) is 0. The fraction of sp³-hybridized carbons (Fsp3) is 0.600. The van der Waals surface area contributed by atoms with Gasteiger partial charge in [-0.05, 0) is 25.0 Å². The molecule has 26 heavy (non-hydrogen) atoms. The van der Waals surface area contributed by atoms with E-state index in [1.54, 1.807) is 0 Å². The monoisotopic (exact) mass is 386 g/mol. The van der Waals surface area contributed by atoms with Crippen LogP contribution in [0.4, 0.5) is 4.39 Å². The molecule has 0 bridgehead atoms.